The lowest BCUT2D eigenvalue weighted by molar-refractivity contribution is -0.0304. The summed E-state index contributed by atoms with van der Waals surface area (Å²) in [7, 11) is 0. The van der Waals surface area contributed by atoms with Gasteiger partial charge in [-0.3, -0.25) is 0 Å². The van der Waals surface area contributed by atoms with Crippen molar-refractivity contribution in [2.24, 2.45) is 5.73 Å². The zero-order valence-electron chi connectivity index (χ0n) is 4.81. The van der Waals surface area contributed by atoms with E-state index in [0.29, 0.717) is 13.2 Å². The van der Waals surface area contributed by atoms with Gasteiger partial charge in [0, 0.05) is 6.61 Å². The van der Waals surface area contributed by atoms with Gasteiger partial charge in [-0.1, -0.05) is 0 Å². The molecule has 1 aliphatic heterocycles. The first-order valence-corrected chi connectivity index (χ1v) is 2.62. The molecule has 48 valence electrons. The van der Waals surface area contributed by atoms with Gasteiger partial charge in [-0.15, -0.1) is 5.48 Å². The van der Waals surface area contributed by atoms with Crippen molar-refractivity contribution in [3.05, 3.63) is 0 Å². The molecule has 0 bridgehead atoms. The maximum atomic E-state index is 5.24. The van der Waals surface area contributed by atoms with Gasteiger partial charge in [0.2, 0.25) is 0 Å². The second-order valence-corrected chi connectivity index (χ2v) is 1.59. The molecule has 1 aliphatic rings. The van der Waals surface area contributed by atoms with Crippen molar-refractivity contribution in [2.45, 2.75) is 12.8 Å². The molecule has 1 unspecified atom stereocenters. The van der Waals surface area contributed by atoms with Crippen LogP contribution in [0.25, 0.3) is 0 Å². The number of hydroxylamine groups is 1. The lowest BCUT2D eigenvalue weighted by atomic mass is 10.5. The third kappa shape index (κ3) is 0.976. The first-order chi connectivity index (χ1) is 3.83. The molecule has 1 heterocycles. The molecule has 0 saturated carbocycles. The SMILES string of the molecule is CCOC1(CN)NO1. The number of hydrogen-bond donors (Lipinski definition) is 2. The standard InChI is InChI=1S/C4H10N2O2/c1-2-7-4(3-5)6-8-4/h6H,2-3,5H2,1H3. The van der Waals surface area contributed by atoms with Gasteiger partial charge in [0.1, 0.15) is 0 Å². The summed E-state index contributed by atoms with van der Waals surface area (Å²) in [5, 5.41) is 0. The normalized spacial score (nSPS) is 35.2. The summed E-state index contributed by atoms with van der Waals surface area (Å²) in [4.78, 5) is 4.69. The molecular weight excluding hydrogens is 108 g/mol. The van der Waals surface area contributed by atoms with Crippen molar-refractivity contribution in [3.8, 4) is 0 Å². The van der Waals surface area contributed by atoms with Crippen molar-refractivity contribution in [2.75, 3.05) is 13.2 Å². The number of rotatable bonds is 3. The second-order valence-electron chi connectivity index (χ2n) is 1.59. The highest BCUT2D eigenvalue weighted by Crippen LogP contribution is 2.17. The van der Waals surface area contributed by atoms with E-state index in [2.05, 4.69) is 10.3 Å². The summed E-state index contributed by atoms with van der Waals surface area (Å²) in [6, 6.07) is 0. The minimum atomic E-state index is -0.630. The van der Waals surface area contributed by atoms with E-state index < -0.39 is 5.91 Å². The predicted octanol–water partition coefficient (Wildman–Crippen LogP) is -0.830. The Balaban J connectivity index is 2.20. The van der Waals surface area contributed by atoms with E-state index in [-0.39, 0.29) is 0 Å². The van der Waals surface area contributed by atoms with E-state index in [1.807, 2.05) is 6.92 Å². The fourth-order valence-corrected chi connectivity index (χ4v) is 0.491. The first kappa shape index (κ1) is 5.97. The summed E-state index contributed by atoms with van der Waals surface area (Å²) in [5.74, 6) is -0.630. The average molecular weight is 118 g/mol. The summed E-state index contributed by atoms with van der Waals surface area (Å²) >= 11 is 0. The molecular formula is C4H10N2O2. The van der Waals surface area contributed by atoms with E-state index in [1.165, 1.54) is 0 Å². The molecule has 0 spiro atoms. The molecule has 8 heavy (non-hydrogen) atoms. The van der Waals surface area contributed by atoms with Gasteiger partial charge in [-0.25, -0.2) is 4.84 Å². The van der Waals surface area contributed by atoms with Crippen LogP contribution < -0.4 is 11.2 Å². The Morgan fingerprint density at radius 2 is 2.50 bits per heavy atom. The summed E-state index contributed by atoms with van der Waals surface area (Å²) in [5.41, 5.74) is 7.79. The largest absolute Gasteiger partial charge is 0.334 e. The zero-order chi connectivity index (χ0) is 6.04. The van der Waals surface area contributed by atoms with Gasteiger partial charge >= 0.3 is 0 Å². The monoisotopic (exact) mass is 118 g/mol. The van der Waals surface area contributed by atoms with Crippen LogP contribution in [0.1, 0.15) is 6.92 Å². The smallest absolute Gasteiger partial charge is 0.279 e. The van der Waals surface area contributed by atoms with Crippen LogP contribution in [-0.4, -0.2) is 19.1 Å². The van der Waals surface area contributed by atoms with E-state index >= 15 is 0 Å². The maximum absolute atomic E-state index is 5.24. The topological polar surface area (TPSA) is 69.7 Å². The Hall–Kier alpha value is -0.160. The highest BCUT2D eigenvalue weighted by molar-refractivity contribution is 4.71. The number of hydrogen-bond acceptors (Lipinski definition) is 4. The summed E-state index contributed by atoms with van der Waals surface area (Å²) < 4.78 is 5.03. The Morgan fingerprint density at radius 3 is 2.62 bits per heavy atom. The van der Waals surface area contributed by atoms with Crippen LogP contribution in [0.15, 0.2) is 0 Å². The minimum Gasteiger partial charge on any atom is -0.334 e. The highest BCUT2D eigenvalue weighted by Gasteiger charge is 2.44. The Kier molecular flexibility index (Phi) is 1.48. The molecule has 0 radical (unpaired) electrons. The zero-order valence-corrected chi connectivity index (χ0v) is 4.81. The van der Waals surface area contributed by atoms with Crippen molar-refractivity contribution in [1.82, 2.24) is 5.48 Å². The molecule has 0 aromatic rings. The van der Waals surface area contributed by atoms with Gasteiger partial charge < -0.3 is 10.5 Å². The quantitative estimate of drug-likeness (QED) is 0.474. The molecule has 3 N–H and O–H groups in total. The number of ether oxygens (including phenoxy) is 1. The van der Waals surface area contributed by atoms with Crippen molar-refractivity contribution < 1.29 is 9.57 Å². The number of nitrogens with one attached hydrogen (secondary N) is 1. The fraction of sp³-hybridized carbons (Fsp3) is 1.00. The molecule has 4 nitrogen and oxygen atoms in total. The van der Waals surface area contributed by atoms with E-state index in [9.17, 15) is 0 Å². The third-order valence-electron chi connectivity index (χ3n) is 0.976. The average Bonchev–Trinajstić information content (AvgIpc) is 2.50. The van der Waals surface area contributed by atoms with Crippen LogP contribution in [0.2, 0.25) is 0 Å². The van der Waals surface area contributed by atoms with Crippen molar-refractivity contribution >= 4 is 0 Å². The molecule has 0 amide bonds. The molecule has 1 fully saturated rings. The number of nitrogens with two attached hydrogens (primary N) is 1. The maximum Gasteiger partial charge on any atom is 0.279 e. The van der Waals surface area contributed by atoms with Crippen LogP contribution in [-0.2, 0) is 9.57 Å². The van der Waals surface area contributed by atoms with E-state index in [4.69, 9.17) is 10.5 Å². The molecule has 1 atom stereocenters. The molecule has 0 aromatic carbocycles. The van der Waals surface area contributed by atoms with Crippen LogP contribution in [0.4, 0.5) is 0 Å². The lowest BCUT2D eigenvalue weighted by Gasteiger charge is -2.03. The van der Waals surface area contributed by atoms with E-state index in [1.54, 1.807) is 0 Å². The molecule has 1 rings (SSSR count). The van der Waals surface area contributed by atoms with Crippen LogP contribution >= 0.6 is 0 Å². The van der Waals surface area contributed by atoms with Crippen LogP contribution in [0.5, 0.6) is 0 Å². The summed E-state index contributed by atoms with van der Waals surface area (Å²) in [6.07, 6.45) is 0. The van der Waals surface area contributed by atoms with Gasteiger partial charge in [-0.2, -0.15) is 0 Å². The molecule has 0 aliphatic carbocycles. The molecule has 4 heteroatoms. The second kappa shape index (κ2) is 1.99. The predicted molar refractivity (Wildman–Crippen MR) is 27.6 cm³/mol. The highest BCUT2D eigenvalue weighted by atomic mass is 16.9. The van der Waals surface area contributed by atoms with Crippen LogP contribution in [0, 0.1) is 0 Å². The Labute approximate surface area is 47.9 Å². The Bertz CT molecular complexity index is 82.1. The van der Waals surface area contributed by atoms with Gasteiger partial charge in [-0.05, 0) is 6.92 Å². The minimum absolute atomic E-state index is 0.362. The fourth-order valence-electron chi connectivity index (χ4n) is 0.491. The van der Waals surface area contributed by atoms with Gasteiger partial charge in [0.25, 0.3) is 5.91 Å². The summed E-state index contributed by atoms with van der Waals surface area (Å²) in [6.45, 7) is 2.87. The van der Waals surface area contributed by atoms with Crippen LogP contribution in [0.3, 0.4) is 0 Å². The molecule has 0 aromatic heterocycles. The Morgan fingerprint density at radius 1 is 1.88 bits per heavy atom. The molecule has 1 saturated heterocycles. The van der Waals surface area contributed by atoms with Gasteiger partial charge in [0.05, 0.1) is 6.54 Å². The third-order valence-corrected chi connectivity index (χ3v) is 0.976. The first-order valence-electron chi connectivity index (χ1n) is 2.62. The van der Waals surface area contributed by atoms with E-state index in [0.717, 1.165) is 0 Å². The van der Waals surface area contributed by atoms with Gasteiger partial charge in [0.15, 0.2) is 0 Å². The lowest BCUT2D eigenvalue weighted by Crippen LogP contribution is -2.30. The van der Waals surface area contributed by atoms with Crippen molar-refractivity contribution in [3.63, 3.8) is 0 Å². The van der Waals surface area contributed by atoms with Crippen molar-refractivity contribution in [1.29, 1.82) is 0 Å².